The van der Waals surface area contributed by atoms with Crippen LogP contribution in [0.25, 0.3) is 22.4 Å². The molecule has 0 aliphatic rings. The second-order valence-corrected chi connectivity index (χ2v) is 6.23. The van der Waals surface area contributed by atoms with Crippen molar-refractivity contribution in [2.24, 2.45) is 0 Å². The Bertz CT molecular complexity index is 1020. The van der Waals surface area contributed by atoms with E-state index in [1.807, 2.05) is 12.1 Å². The summed E-state index contributed by atoms with van der Waals surface area (Å²) in [6, 6.07) is 25.2. The predicted octanol–water partition coefficient (Wildman–Crippen LogP) is 4.49. The Morgan fingerprint density at radius 3 is 2.36 bits per heavy atom. The van der Waals surface area contributed by atoms with Crippen LogP contribution in [0.15, 0.2) is 72.8 Å². The van der Waals surface area contributed by atoms with Crippen LogP contribution in [0.1, 0.15) is 11.1 Å². The van der Waals surface area contributed by atoms with Crippen LogP contribution in [0.3, 0.4) is 0 Å². The van der Waals surface area contributed by atoms with Crippen LogP contribution in [-0.2, 0) is 6.54 Å². The number of methoxy groups -OCH3 is 1. The molecule has 0 amide bonds. The van der Waals surface area contributed by atoms with E-state index in [9.17, 15) is 0 Å². The fourth-order valence-corrected chi connectivity index (χ4v) is 3.23. The van der Waals surface area contributed by atoms with Gasteiger partial charge in [-0.3, -0.25) is 0 Å². The quantitative estimate of drug-likeness (QED) is 0.549. The summed E-state index contributed by atoms with van der Waals surface area (Å²) >= 11 is 0. The molecular formula is C22H21N2O+. The van der Waals surface area contributed by atoms with Crippen LogP contribution < -0.4 is 9.30 Å². The maximum atomic E-state index is 5.29. The SMILES string of the molecule is COc1ccc(-c2[nH]c3ccccc3[n+]2Cc2ccccc2C)cc1. The largest absolute Gasteiger partial charge is 0.497 e. The van der Waals surface area contributed by atoms with Crippen molar-refractivity contribution in [2.75, 3.05) is 7.11 Å². The van der Waals surface area contributed by atoms with Crippen molar-refractivity contribution in [2.45, 2.75) is 13.5 Å². The van der Waals surface area contributed by atoms with E-state index >= 15 is 0 Å². The van der Waals surface area contributed by atoms with E-state index in [-0.39, 0.29) is 0 Å². The van der Waals surface area contributed by atoms with Crippen LogP contribution in [0, 0.1) is 6.92 Å². The topological polar surface area (TPSA) is 28.9 Å². The van der Waals surface area contributed by atoms with Crippen LogP contribution in [0.5, 0.6) is 5.75 Å². The number of fused-ring (bicyclic) bond motifs is 1. The number of nitrogens with one attached hydrogen (secondary N) is 1. The van der Waals surface area contributed by atoms with Gasteiger partial charge in [-0.25, -0.2) is 9.55 Å². The second kappa shape index (κ2) is 6.44. The fourth-order valence-electron chi connectivity index (χ4n) is 3.23. The highest BCUT2D eigenvalue weighted by Crippen LogP contribution is 2.22. The molecule has 0 spiro atoms. The number of nitrogens with zero attached hydrogens (tertiary/aromatic N) is 1. The van der Waals surface area contributed by atoms with Crippen molar-refractivity contribution in [1.29, 1.82) is 0 Å². The molecule has 0 aliphatic heterocycles. The van der Waals surface area contributed by atoms with Gasteiger partial charge in [0.25, 0.3) is 5.82 Å². The number of hydrogen-bond donors (Lipinski definition) is 1. The normalized spacial score (nSPS) is 11.0. The monoisotopic (exact) mass is 329 g/mol. The molecule has 0 radical (unpaired) electrons. The molecule has 0 saturated carbocycles. The van der Waals surface area contributed by atoms with Crippen molar-refractivity contribution < 1.29 is 9.30 Å². The average molecular weight is 329 g/mol. The molecule has 124 valence electrons. The molecule has 4 rings (SSSR count). The van der Waals surface area contributed by atoms with Crippen molar-refractivity contribution in [3.8, 4) is 17.1 Å². The van der Waals surface area contributed by atoms with Crippen molar-refractivity contribution in [3.63, 3.8) is 0 Å². The van der Waals surface area contributed by atoms with Gasteiger partial charge in [0.05, 0.1) is 12.7 Å². The van der Waals surface area contributed by atoms with Gasteiger partial charge in [-0.05, 0) is 54.4 Å². The van der Waals surface area contributed by atoms with E-state index in [1.165, 1.54) is 16.6 Å². The zero-order valence-electron chi connectivity index (χ0n) is 14.5. The number of imidazole rings is 1. The Morgan fingerprint density at radius 1 is 0.880 bits per heavy atom. The van der Waals surface area contributed by atoms with Gasteiger partial charge in [0.1, 0.15) is 12.3 Å². The molecule has 1 heterocycles. The third-order valence-electron chi connectivity index (χ3n) is 4.67. The highest BCUT2D eigenvalue weighted by molar-refractivity contribution is 5.74. The van der Waals surface area contributed by atoms with E-state index in [0.29, 0.717) is 0 Å². The number of H-pyrrole nitrogens is 1. The number of aryl methyl sites for hydroxylation is 1. The van der Waals surface area contributed by atoms with E-state index in [2.05, 4.69) is 77.1 Å². The van der Waals surface area contributed by atoms with Crippen LogP contribution >= 0.6 is 0 Å². The molecule has 0 bridgehead atoms. The minimum absolute atomic E-state index is 0.831. The molecule has 0 saturated heterocycles. The lowest BCUT2D eigenvalue weighted by Crippen LogP contribution is -2.35. The summed E-state index contributed by atoms with van der Waals surface area (Å²) in [5.41, 5.74) is 6.12. The summed E-state index contributed by atoms with van der Waals surface area (Å²) in [5.74, 6) is 1.97. The highest BCUT2D eigenvalue weighted by Gasteiger charge is 2.20. The second-order valence-electron chi connectivity index (χ2n) is 6.23. The Balaban J connectivity index is 1.87. The molecule has 3 nitrogen and oxygen atoms in total. The van der Waals surface area contributed by atoms with Gasteiger partial charge in [-0.15, -0.1) is 0 Å². The number of hydrogen-bond acceptors (Lipinski definition) is 1. The maximum absolute atomic E-state index is 5.29. The fraction of sp³-hybridized carbons (Fsp3) is 0.136. The Hall–Kier alpha value is -3.07. The first-order chi connectivity index (χ1) is 12.3. The summed E-state index contributed by atoms with van der Waals surface area (Å²) in [6.45, 7) is 3.00. The first-order valence-corrected chi connectivity index (χ1v) is 8.46. The molecular weight excluding hydrogens is 308 g/mol. The summed E-state index contributed by atoms with van der Waals surface area (Å²) in [7, 11) is 1.69. The average Bonchev–Trinajstić information content (AvgIpc) is 3.02. The Labute approximate surface area is 147 Å². The van der Waals surface area contributed by atoms with Crippen LogP contribution in [0.4, 0.5) is 0 Å². The van der Waals surface area contributed by atoms with Gasteiger partial charge < -0.3 is 4.74 Å². The van der Waals surface area contributed by atoms with Crippen LogP contribution in [-0.4, -0.2) is 12.1 Å². The maximum Gasteiger partial charge on any atom is 0.287 e. The molecule has 4 aromatic rings. The summed E-state index contributed by atoms with van der Waals surface area (Å²) in [6.07, 6.45) is 0. The summed E-state index contributed by atoms with van der Waals surface area (Å²) < 4.78 is 7.64. The highest BCUT2D eigenvalue weighted by atomic mass is 16.5. The standard InChI is InChI=1S/C22H20N2O/c1-16-7-3-4-8-18(16)15-24-21-10-6-5-9-20(21)23-22(24)17-11-13-19(25-2)14-12-17/h3-14H,15H2,1-2H3/p+1. The van der Waals surface area contributed by atoms with Gasteiger partial charge in [0, 0.05) is 0 Å². The molecule has 0 atom stereocenters. The predicted molar refractivity (Wildman–Crippen MR) is 101 cm³/mol. The Kier molecular flexibility index (Phi) is 3.98. The number of ether oxygens (including phenoxy) is 1. The van der Waals surface area contributed by atoms with Crippen molar-refractivity contribution >= 4 is 11.0 Å². The number of benzene rings is 3. The minimum Gasteiger partial charge on any atom is -0.497 e. The molecule has 3 aromatic carbocycles. The zero-order chi connectivity index (χ0) is 17.2. The molecule has 1 N–H and O–H groups in total. The zero-order valence-corrected chi connectivity index (χ0v) is 14.5. The first-order valence-electron chi connectivity index (χ1n) is 8.46. The number of aromatic nitrogens is 2. The number of aromatic amines is 1. The smallest absolute Gasteiger partial charge is 0.287 e. The molecule has 0 unspecified atom stereocenters. The van der Waals surface area contributed by atoms with E-state index in [1.54, 1.807) is 7.11 Å². The molecule has 0 fully saturated rings. The minimum atomic E-state index is 0.831. The lowest BCUT2D eigenvalue weighted by molar-refractivity contribution is -0.651. The third-order valence-corrected chi connectivity index (χ3v) is 4.67. The Morgan fingerprint density at radius 2 is 1.60 bits per heavy atom. The lowest BCUT2D eigenvalue weighted by Gasteiger charge is -2.06. The van der Waals surface area contributed by atoms with E-state index in [4.69, 9.17) is 4.74 Å². The molecule has 0 aliphatic carbocycles. The number of rotatable bonds is 4. The third kappa shape index (κ3) is 2.89. The van der Waals surface area contributed by atoms with Crippen LogP contribution in [0.2, 0.25) is 0 Å². The summed E-state index contributed by atoms with van der Waals surface area (Å²) in [5, 5.41) is 0. The molecule has 1 aromatic heterocycles. The van der Waals surface area contributed by atoms with E-state index < -0.39 is 0 Å². The summed E-state index contributed by atoms with van der Waals surface area (Å²) in [4.78, 5) is 3.58. The number of para-hydroxylation sites is 2. The van der Waals surface area contributed by atoms with Gasteiger partial charge in [-0.1, -0.05) is 36.4 Å². The van der Waals surface area contributed by atoms with Crippen molar-refractivity contribution in [3.05, 3.63) is 83.9 Å². The van der Waals surface area contributed by atoms with Gasteiger partial charge in [-0.2, -0.15) is 0 Å². The first kappa shape index (κ1) is 15.5. The van der Waals surface area contributed by atoms with Crippen molar-refractivity contribution in [1.82, 2.24) is 4.98 Å². The van der Waals surface area contributed by atoms with Gasteiger partial charge in [0.2, 0.25) is 0 Å². The molecule has 3 heteroatoms. The van der Waals surface area contributed by atoms with E-state index in [0.717, 1.165) is 29.2 Å². The lowest BCUT2D eigenvalue weighted by atomic mass is 10.1. The van der Waals surface area contributed by atoms with Gasteiger partial charge >= 0.3 is 0 Å². The molecule has 25 heavy (non-hydrogen) atoms. The van der Waals surface area contributed by atoms with Gasteiger partial charge in [0.15, 0.2) is 11.0 Å².